The fourth-order valence-corrected chi connectivity index (χ4v) is 3.35. The van der Waals surface area contributed by atoms with Gasteiger partial charge in [-0.25, -0.2) is 4.68 Å². The van der Waals surface area contributed by atoms with Crippen LogP contribution in [0.1, 0.15) is 16.2 Å². The van der Waals surface area contributed by atoms with Gasteiger partial charge in [-0.15, -0.1) is 0 Å². The molecule has 0 radical (unpaired) electrons. The van der Waals surface area contributed by atoms with Crippen LogP contribution in [0.2, 0.25) is 0 Å². The maximum absolute atomic E-state index is 12.6. The lowest BCUT2D eigenvalue weighted by atomic mass is 10.2. The zero-order chi connectivity index (χ0) is 15.5. The number of carbonyl (C=O) groups excluding carboxylic acids is 1. The average molecular weight is 315 g/mol. The van der Waals surface area contributed by atoms with Crippen molar-refractivity contribution in [2.24, 2.45) is 0 Å². The summed E-state index contributed by atoms with van der Waals surface area (Å²) in [5.41, 5.74) is 1.24. The molecular weight excluding hydrogens is 298 g/mol. The van der Waals surface area contributed by atoms with Gasteiger partial charge in [0.05, 0.1) is 5.69 Å². The molecule has 0 bridgehead atoms. The van der Waals surface area contributed by atoms with Gasteiger partial charge in [0, 0.05) is 36.4 Å². The van der Waals surface area contributed by atoms with E-state index in [0.29, 0.717) is 18.8 Å². The minimum atomic E-state index is -0.312. The van der Waals surface area contributed by atoms with E-state index in [2.05, 4.69) is 5.10 Å². The minimum Gasteiger partial charge on any atom is -0.335 e. The molecule has 0 spiro atoms. The Labute approximate surface area is 132 Å². The maximum atomic E-state index is 12.6. The molecule has 0 aliphatic carbocycles. The lowest BCUT2D eigenvalue weighted by Gasteiger charge is -2.26. The van der Waals surface area contributed by atoms with Crippen molar-refractivity contribution in [1.82, 2.24) is 14.7 Å². The first-order chi connectivity index (χ1) is 10.7. The number of benzene rings is 1. The van der Waals surface area contributed by atoms with Gasteiger partial charge in [0.15, 0.2) is 5.69 Å². The molecule has 1 fully saturated rings. The molecule has 6 heteroatoms. The van der Waals surface area contributed by atoms with E-state index in [0.717, 1.165) is 17.2 Å². The second-order valence-electron chi connectivity index (χ2n) is 5.15. The highest BCUT2D eigenvalue weighted by Crippen LogP contribution is 2.12. The average Bonchev–Trinajstić information content (AvgIpc) is 2.56. The number of amides is 1. The summed E-state index contributed by atoms with van der Waals surface area (Å²) in [6, 6.07) is 11.0. The molecule has 1 aromatic carbocycles. The molecule has 1 aromatic heterocycles. The Morgan fingerprint density at radius 1 is 1.18 bits per heavy atom. The van der Waals surface area contributed by atoms with Gasteiger partial charge < -0.3 is 4.90 Å². The van der Waals surface area contributed by atoms with Crippen LogP contribution < -0.4 is 5.43 Å². The summed E-state index contributed by atoms with van der Waals surface area (Å²) in [5, 5.41) is 4.32. The lowest BCUT2D eigenvalue weighted by molar-refractivity contribution is 0.0763. The number of rotatable bonds is 2. The summed E-state index contributed by atoms with van der Waals surface area (Å²) in [5.74, 6) is 1.55. The van der Waals surface area contributed by atoms with Gasteiger partial charge >= 0.3 is 0 Å². The fraction of sp³-hybridized carbons (Fsp3) is 0.312. The summed E-state index contributed by atoms with van der Waals surface area (Å²) in [4.78, 5) is 26.4. The second kappa shape index (κ2) is 6.36. The molecule has 3 rings (SSSR count). The van der Waals surface area contributed by atoms with Crippen LogP contribution in [0.15, 0.2) is 41.2 Å². The third kappa shape index (κ3) is 2.92. The molecule has 5 nitrogen and oxygen atoms in total. The van der Waals surface area contributed by atoms with Crippen LogP contribution in [0, 0.1) is 6.92 Å². The summed E-state index contributed by atoms with van der Waals surface area (Å²) in [6.07, 6.45) is 0. The van der Waals surface area contributed by atoms with E-state index < -0.39 is 0 Å². The Morgan fingerprint density at radius 3 is 2.55 bits per heavy atom. The van der Waals surface area contributed by atoms with Gasteiger partial charge in [-0.1, -0.05) is 18.2 Å². The number of para-hydroxylation sites is 1. The first-order valence-corrected chi connectivity index (χ1v) is 8.36. The normalized spacial score (nSPS) is 14.9. The van der Waals surface area contributed by atoms with Gasteiger partial charge in [-0.05, 0) is 19.1 Å². The number of hydrogen-bond acceptors (Lipinski definition) is 4. The minimum absolute atomic E-state index is 0.00125. The first-order valence-electron chi connectivity index (χ1n) is 7.20. The van der Waals surface area contributed by atoms with Crippen molar-refractivity contribution in [2.75, 3.05) is 24.6 Å². The van der Waals surface area contributed by atoms with Crippen molar-refractivity contribution in [2.45, 2.75) is 6.92 Å². The molecule has 1 saturated heterocycles. The quantitative estimate of drug-likeness (QED) is 0.847. The third-order valence-electron chi connectivity index (χ3n) is 3.61. The van der Waals surface area contributed by atoms with E-state index in [1.807, 2.05) is 49.0 Å². The molecule has 1 aliphatic heterocycles. The van der Waals surface area contributed by atoms with Gasteiger partial charge in [-0.2, -0.15) is 16.9 Å². The molecule has 1 aliphatic rings. The van der Waals surface area contributed by atoms with Gasteiger partial charge in [0.1, 0.15) is 0 Å². The summed E-state index contributed by atoms with van der Waals surface area (Å²) in [6.45, 7) is 3.15. The van der Waals surface area contributed by atoms with Crippen molar-refractivity contribution >= 4 is 17.7 Å². The molecule has 1 amide bonds. The number of aromatic nitrogens is 2. The number of hydrogen-bond donors (Lipinski definition) is 0. The Bertz CT molecular complexity index is 737. The Hall–Kier alpha value is -2.08. The number of aryl methyl sites for hydroxylation is 1. The SMILES string of the molecule is Cc1cc(=O)c(C(=O)N2CCSCC2)nn1-c1ccccc1. The first kappa shape index (κ1) is 14.8. The van der Waals surface area contributed by atoms with E-state index >= 15 is 0 Å². The molecule has 114 valence electrons. The Kier molecular flexibility index (Phi) is 4.29. The van der Waals surface area contributed by atoms with E-state index in [9.17, 15) is 9.59 Å². The van der Waals surface area contributed by atoms with Crippen molar-refractivity contribution in [3.63, 3.8) is 0 Å². The summed E-state index contributed by atoms with van der Waals surface area (Å²) in [7, 11) is 0. The predicted molar refractivity (Wildman–Crippen MR) is 87.8 cm³/mol. The van der Waals surface area contributed by atoms with E-state index in [4.69, 9.17) is 0 Å². The molecule has 22 heavy (non-hydrogen) atoms. The third-order valence-corrected chi connectivity index (χ3v) is 4.55. The van der Waals surface area contributed by atoms with E-state index in [1.165, 1.54) is 6.07 Å². The van der Waals surface area contributed by atoms with Crippen molar-refractivity contribution in [3.8, 4) is 5.69 Å². The number of thioether (sulfide) groups is 1. The molecule has 0 saturated carbocycles. The molecule has 2 aromatic rings. The van der Waals surface area contributed by atoms with E-state index in [-0.39, 0.29) is 17.0 Å². The summed E-state index contributed by atoms with van der Waals surface area (Å²) < 4.78 is 1.65. The zero-order valence-corrected chi connectivity index (χ0v) is 13.2. The molecule has 0 N–H and O–H groups in total. The summed E-state index contributed by atoms with van der Waals surface area (Å²) >= 11 is 1.82. The van der Waals surface area contributed by atoms with Crippen LogP contribution in [0.5, 0.6) is 0 Å². The molecular formula is C16H17N3O2S. The monoisotopic (exact) mass is 315 g/mol. The van der Waals surface area contributed by atoms with E-state index in [1.54, 1.807) is 9.58 Å². The Morgan fingerprint density at radius 2 is 1.86 bits per heavy atom. The van der Waals surface area contributed by atoms with Crippen molar-refractivity contribution in [3.05, 3.63) is 58.0 Å². The van der Waals surface area contributed by atoms with Crippen LogP contribution in [0.25, 0.3) is 5.69 Å². The molecule has 0 unspecified atom stereocenters. The second-order valence-corrected chi connectivity index (χ2v) is 6.38. The highest BCUT2D eigenvalue weighted by Gasteiger charge is 2.23. The van der Waals surface area contributed by atoms with Crippen LogP contribution in [0.4, 0.5) is 0 Å². The lowest BCUT2D eigenvalue weighted by Crippen LogP contribution is -2.41. The fourth-order valence-electron chi connectivity index (χ4n) is 2.44. The van der Waals surface area contributed by atoms with Crippen LogP contribution in [0.3, 0.4) is 0 Å². The number of nitrogens with zero attached hydrogens (tertiary/aromatic N) is 3. The Balaban J connectivity index is 2.01. The van der Waals surface area contributed by atoms with Crippen molar-refractivity contribution in [1.29, 1.82) is 0 Å². The standard InChI is InChI=1S/C16H17N3O2S/c1-12-11-14(20)15(16(21)18-7-9-22-10-8-18)17-19(12)13-5-3-2-4-6-13/h2-6,11H,7-10H2,1H3. The predicted octanol–water partition coefficient (Wildman–Crippen LogP) is 1.73. The molecule has 2 heterocycles. The van der Waals surface area contributed by atoms with Gasteiger partial charge in [0.2, 0.25) is 5.43 Å². The van der Waals surface area contributed by atoms with Crippen molar-refractivity contribution < 1.29 is 4.79 Å². The maximum Gasteiger partial charge on any atom is 0.278 e. The smallest absolute Gasteiger partial charge is 0.278 e. The van der Waals surface area contributed by atoms with Crippen LogP contribution in [-0.4, -0.2) is 45.2 Å². The largest absolute Gasteiger partial charge is 0.335 e. The molecule has 0 atom stereocenters. The van der Waals surface area contributed by atoms with Gasteiger partial charge in [0.25, 0.3) is 5.91 Å². The topological polar surface area (TPSA) is 55.2 Å². The van der Waals surface area contributed by atoms with Crippen LogP contribution >= 0.6 is 11.8 Å². The highest BCUT2D eigenvalue weighted by molar-refractivity contribution is 7.99. The zero-order valence-electron chi connectivity index (χ0n) is 12.4. The van der Waals surface area contributed by atoms with Crippen LogP contribution in [-0.2, 0) is 0 Å². The number of carbonyl (C=O) groups is 1. The highest BCUT2D eigenvalue weighted by atomic mass is 32.2. The van der Waals surface area contributed by atoms with Gasteiger partial charge in [-0.3, -0.25) is 9.59 Å².